The van der Waals surface area contributed by atoms with E-state index in [1.54, 1.807) is 0 Å². The quantitative estimate of drug-likeness (QED) is 0.367. The van der Waals surface area contributed by atoms with Crippen molar-refractivity contribution in [3.05, 3.63) is 0 Å². The lowest BCUT2D eigenvalue weighted by Crippen LogP contribution is -2.50. The highest BCUT2D eigenvalue weighted by Gasteiger charge is 2.33. The molecule has 15 heavy (non-hydrogen) atoms. The monoisotopic (exact) mass is 213 g/mol. The highest BCUT2D eigenvalue weighted by Crippen LogP contribution is 2.09. The molecule has 0 aliphatic carbocycles. The van der Waals surface area contributed by atoms with Crippen molar-refractivity contribution in [2.75, 3.05) is 13.1 Å². The third kappa shape index (κ3) is 2.34. The molecule has 0 amide bonds. The van der Waals surface area contributed by atoms with Gasteiger partial charge in [0.1, 0.15) is 12.1 Å². The zero-order valence-corrected chi connectivity index (χ0v) is 8.36. The van der Waals surface area contributed by atoms with Crippen LogP contribution in [0.25, 0.3) is 0 Å². The Kier molecular flexibility index (Phi) is 2.99. The molecule has 2 rings (SSSR count). The van der Waals surface area contributed by atoms with Gasteiger partial charge in [-0.05, 0) is 19.4 Å². The van der Waals surface area contributed by atoms with Gasteiger partial charge in [0.2, 0.25) is 0 Å². The summed E-state index contributed by atoms with van der Waals surface area (Å²) in [6.07, 6.45) is 1.27. The molecule has 0 aromatic rings. The summed E-state index contributed by atoms with van der Waals surface area (Å²) in [6, 6.07) is -0.757. The van der Waals surface area contributed by atoms with Crippen molar-refractivity contribution >= 4 is 11.9 Å². The second kappa shape index (κ2) is 4.26. The number of rotatable bonds is 2. The minimum atomic E-state index is -0.512. The first-order chi connectivity index (χ1) is 7.16. The zero-order valence-electron chi connectivity index (χ0n) is 8.36. The Labute approximate surface area is 87.5 Å². The summed E-state index contributed by atoms with van der Waals surface area (Å²) in [5, 5.41) is 5.79. The van der Waals surface area contributed by atoms with Crippen LogP contribution in [0, 0.1) is 0 Å². The minimum Gasteiger partial charge on any atom is -0.391 e. The summed E-state index contributed by atoms with van der Waals surface area (Å²) in [6.45, 7) is 1.40. The van der Waals surface area contributed by atoms with E-state index in [0.29, 0.717) is 13.0 Å². The van der Waals surface area contributed by atoms with E-state index in [-0.39, 0.29) is 12.1 Å². The number of hydrogen-bond acceptors (Lipinski definition) is 6. The number of ether oxygens (including phenoxy) is 1. The lowest BCUT2D eigenvalue weighted by Gasteiger charge is -2.25. The first-order valence-electron chi connectivity index (χ1n) is 5.14. The third-order valence-electron chi connectivity index (χ3n) is 2.76. The lowest BCUT2D eigenvalue weighted by atomic mass is 10.1. The number of nitrogens with one attached hydrogen (secondary N) is 2. The highest BCUT2D eigenvalue weighted by molar-refractivity contribution is 5.91. The van der Waals surface area contributed by atoms with E-state index in [0.717, 1.165) is 13.0 Å². The minimum absolute atomic E-state index is 0.0283. The second-order valence-electron chi connectivity index (χ2n) is 3.99. The van der Waals surface area contributed by atoms with E-state index < -0.39 is 18.0 Å². The molecule has 0 aromatic heterocycles. The summed E-state index contributed by atoms with van der Waals surface area (Å²) in [7, 11) is 0. The van der Waals surface area contributed by atoms with Gasteiger partial charge in [0.05, 0.1) is 0 Å². The van der Waals surface area contributed by atoms with Crippen molar-refractivity contribution in [3.63, 3.8) is 0 Å². The predicted molar refractivity (Wildman–Crippen MR) is 51.9 cm³/mol. The van der Waals surface area contributed by atoms with Gasteiger partial charge in [0.15, 0.2) is 0 Å². The Morgan fingerprint density at radius 3 is 2.33 bits per heavy atom. The van der Waals surface area contributed by atoms with Crippen LogP contribution in [0.5, 0.6) is 0 Å². The molecular formula is C9H15N3O3. The molecule has 0 bridgehead atoms. The van der Waals surface area contributed by atoms with Gasteiger partial charge in [-0.2, -0.15) is 0 Å². The van der Waals surface area contributed by atoms with E-state index in [1.807, 2.05) is 0 Å². The predicted octanol–water partition coefficient (Wildman–Crippen LogP) is -1.89. The Balaban J connectivity index is 1.78. The summed E-state index contributed by atoms with van der Waals surface area (Å²) >= 11 is 0. The Bertz CT molecular complexity index is 278. The molecule has 0 saturated carbocycles. The van der Waals surface area contributed by atoms with Crippen LogP contribution in [0.2, 0.25) is 0 Å². The molecule has 84 valence electrons. The molecule has 6 nitrogen and oxygen atoms in total. The van der Waals surface area contributed by atoms with Crippen molar-refractivity contribution in [1.29, 1.82) is 0 Å². The van der Waals surface area contributed by atoms with Crippen LogP contribution in [0.4, 0.5) is 0 Å². The molecule has 6 heteroatoms. The molecular weight excluding hydrogens is 198 g/mol. The fourth-order valence-electron chi connectivity index (χ4n) is 1.67. The third-order valence-corrected chi connectivity index (χ3v) is 2.76. The normalized spacial score (nSPS) is 34.6. The molecule has 3 unspecified atom stereocenters. The van der Waals surface area contributed by atoms with Gasteiger partial charge in [-0.25, -0.2) is 9.59 Å². The maximum absolute atomic E-state index is 11.5. The van der Waals surface area contributed by atoms with Crippen molar-refractivity contribution in [2.24, 2.45) is 5.73 Å². The summed E-state index contributed by atoms with van der Waals surface area (Å²) < 4.78 is 4.73. The number of hydrogen-bond donors (Lipinski definition) is 3. The molecule has 3 atom stereocenters. The van der Waals surface area contributed by atoms with Crippen LogP contribution in [0.1, 0.15) is 12.8 Å². The van der Waals surface area contributed by atoms with Crippen molar-refractivity contribution in [2.45, 2.75) is 31.0 Å². The molecule has 2 saturated heterocycles. The summed E-state index contributed by atoms with van der Waals surface area (Å²) in [4.78, 5) is 22.8. The molecule has 2 aliphatic rings. The van der Waals surface area contributed by atoms with Crippen molar-refractivity contribution in [3.8, 4) is 0 Å². The second-order valence-corrected chi connectivity index (χ2v) is 3.99. The summed E-state index contributed by atoms with van der Waals surface area (Å²) in [5.74, 6) is -0.991. The van der Waals surface area contributed by atoms with Crippen LogP contribution in [-0.4, -0.2) is 43.2 Å². The largest absolute Gasteiger partial charge is 0.391 e. The van der Waals surface area contributed by atoms with E-state index in [4.69, 9.17) is 10.5 Å². The number of carbonyl (C=O) groups excluding carboxylic acids is 2. The zero-order chi connectivity index (χ0) is 10.8. The topological polar surface area (TPSA) is 93.4 Å². The van der Waals surface area contributed by atoms with Gasteiger partial charge in [-0.3, -0.25) is 0 Å². The fourth-order valence-corrected chi connectivity index (χ4v) is 1.67. The Morgan fingerprint density at radius 2 is 1.87 bits per heavy atom. The maximum Gasteiger partial charge on any atom is 0.330 e. The lowest BCUT2D eigenvalue weighted by molar-refractivity contribution is -0.163. The first kappa shape index (κ1) is 10.5. The van der Waals surface area contributed by atoms with Gasteiger partial charge in [-0.1, -0.05) is 0 Å². The first-order valence-corrected chi connectivity index (χ1v) is 5.14. The van der Waals surface area contributed by atoms with Crippen LogP contribution in [0.3, 0.4) is 0 Å². The SMILES string of the molecule is NC1CNC(C(=O)OC(=O)C2CCN2)C1. The van der Waals surface area contributed by atoms with E-state index in [2.05, 4.69) is 10.6 Å². The number of carbonyl (C=O) groups is 2. The molecule has 2 fully saturated rings. The van der Waals surface area contributed by atoms with Gasteiger partial charge >= 0.3 is 11.9 Å². The molecule has 0 radical (unpaired) electrons. The Morgan fingerprint density at radius 1 is 1.20 bits per heavy atom. The smallest absolute Gasteiger partial charge is 0.330 e. The van der Waals surface area contributed by atoms with Gasteiger partial charge < -0.3 is 21.1 Å². The van der Waals surface area contributed by atoms with Gasteiger partial charge in [0.25, 0.3) is 0 Å². The fraction of sp³-hybridized carbons (Fsp3) is 0.778. The van der Waals surface area contributed by atoms with Gasteiger partial charge in [-0.15, -0.1) is 0 Å². The van der Waals surface area contributed by atoms with Crippen LogP contribution in [-0.2, 0) is 14.3 Å². The van der Waals surface area contributed by atoms with Crippen molar-refractivity contribution < 1.29 is 14.3 Å². The van der Waals surface area contributed by atoms with E-state index >= 15 is 0 Å². The van der Waals surface area contributed by atoms with Crippen molar-refractivity contribution in [1.82, 2.24) is 10.6 Å². The number of esters is 2. The molecule has 0 aromatic carbocycles. The molecule has 2 aliphatic heterocycles. The maximum atomic E-state index is 11.5. The van der Waals surface area contributed by atoms with E-state index in [9.17, 15) is 9.59 Å². The Hall–Kier alpha value is -0.980. The van der Waals surface area contributed by atoms with Crippen LogP contribution in [0.15, 0.2) is 0 Å². The number of nitrogens with two attached hydrogens (primary N) is 1. The molecule has 2 heterocycles. The highest BCUT2D eigenvalue weighted by atomic mass is 16.6. The van der Waals surface area contributed by atoms with Crippen LogP contribution >= 0.6 is 0 Å². The average Bonchev–Trinajstić information content (AvgIpc) is 2.48. The average molecular weight is 213 g/mol. The van der Waals surface area contributed by atoms with Gasteiger partial charge in [0, 0.05) is 12.6 Å². The molecule has 4 N–H and O–H groups in total. The molecule has 0 spiro atoms. The van der Waals surface area contributed by atoms with E-state index in [1.165, 1.54) is 0 Å². The van der Waals surface area contributed by atoms with Crippen LogP contribution < -0.4 is 16.4 Å². The summed E-state index contributed by atoms with van der Waals surface area (Å²) in [5.41, 5.74) is 5.62. The standard InChI is InChI=1S/C9H15N3O3/c10-5-3-7(12-4-5)9(14)15-8(13)6-1-2-11-6/h5-7,11-12H,1-4,10H2.